The molecule has 21 nitrogen and oxygen atoms in total. The highest BCUT2D eigenvalue weighted by atomic mass is 16.7. The number of carbonyl (C=O) groups excluding carboxylic acids is 9. The van der Waals surface area contributed by atoms with E-state index in [-0.39, 0.29) is 72.6 Å². The lowest BCUT2D eigenvalue weighted by Gasteiger charge is -2.32. The molecule has 82 heavy (non-hydrogen) atoms. The molecule has 0 aliphatic rings. The lowest BCUT2D eigenvalue weighted by Crippen LogP contribution is -2.49. The molecule has 0 fully saturated rings. The van der Waals surface area contributed by atoms with Gasteiger partial charge in [0.25, 0.3) is 11.8 Å². The molecule has 6 aromatic rings. The van der Waals surface area contributed by atoms with Gasteiger partial charge in [0.05, 0.1) is 30.6 Å². The Morgan fingerprint density at radius 2 is 1.24 bits per heavy atom. The molecule has 3 N–H and O–H groups in total. The summed E-state index contributed by atoms with van der Waals surface area (Å²) in [5.74, 6) is -6.94. The predicted octanol–water partition coefficient (Wildman–Crippen LogP) is 8.11. The summed E-state index contributed by atoms with van der Waals surface area (Å²) < 4.78 is 33.5. The molecule has 0 bridgehead atoms. The summed E-state index contributed by atoms with van der Waals surface area (Å²) in [4.78, 5) is 126. The number of unbranched alkanes of at least 4 members (excludes halogenated alkanes) is 2. The molecule has 2 unspecified atom stereocenters. The molecular formula is C61H65N5O16. The number of hydrogen-bond donors (Lipinski definition) is 3. The van der Waals surface area contributed by atoms with Crippen molar-refractivity contribution in [1.82, 2.24) is 25.9 Å². The first-order chi connectivity index (χ1) is 39.7. The lowest BCUT2D eigenvalue weighted by atomic mass is 9.90. The van der Waals surface area contributed by atoms with Gasteiger partial charge in [0.15, 0.2) is 12.4 Å². The number of para-hydroxylation sites is 1. The molecule has 430 valence electrons. The van der Waals surface area contributed by atoms with Gasteiger partial charge in [-0.2, -0.15) is 5.06 Å². The first-order valence-electron chi connectivity index (χ1n) is 26.4. The second kappa shape index (κ2) is 31.7. The number of ether oxygens (including phenoxy) is 5. The molecule has 0 saturated carbocycles. The standard InChI is InChI=1S/C61H65N5O16/c1-5-7-11-26-45(49(6-2)66(40-67)82-59(73)47-27-18-19-28-51(47)81-61(75)65(3)4)56(70)62-39-63-58(72)52-32-31-50(80-52)44-29-30-46(53(33-44)76-38-55(69)78-36-42-22-14-9-15-23-42)57(71)64-48(60(74)79-37-43-24-16-10-17-25-43)34-54(68)77-35-41-20-12-8-13-21-41/h8-10,12-25,27-33,40,45,48-49H,5-7,11,26,34-39H2,1-4H3,(H,62,70)(H,63,72)(H,64,71)/t45?,48?,49-/m1/s1. The summed E-state index contributed by atoms with van der Waals surface area (Å²) in [7, 11) is 2.94. The van der Waals surface area contributed by atoms with Crippen LogP contribution in [0.3, 0.4) is 0 Å². The molecular weight excluding hydrogens is 1060 g/mol. The molecule has 5 amide bonds. The molecule has 0 aliphatic heterocycles. The summed E-state index contributed by atoms with van der Waals surface area (Å²) in [5, 5.41) is 8.62. The van der Waals surface area contributed by atoms with Crippen LogP contribution in [-0.2, 0) is 62.8 Å². The van der Waals surface area contributed by atoms with E-state index in [4.69, 9.17) is 32.9 Å². The van der Waals surface area contributed by atoms with Crippen LogP contribution in [0.15, 0.2) is 150 Å². The third-order valence-electron chi connectivity index (χ3n) is 12.5. The van der Waals surface area contributed by atoms with E-state index >= 15 is 0 Å². The Hall–Kier alpha value is -9.79. The molecule has 21 heteroatoms. The van der Waals surface area contributed by atoms with Crippen molar-refractivity contribution in [2.24, 2.45) is 5.92 Å². The van der Waals surface area contributed by atoms with Crippen molar-refractivity contribution < 1.29 is 76.1 Å². The Morgan fingerprint density at radius 1 is 0.634 bits per heavy atom. The molecule has 0 aliphatic carbocycles. The highest BCUT2D eigenvalue weighted by Crippen LogP contribution is 2.30. The quantitative estimate of drug-likeness (QED) is 0.00960. The molecule has 0 saturated heterocycles. The summed E-state index contributed by atoms with van der Waals surface area (Å²) >= 11 is 0. The summed E-state index contributed by atoms with van der Waals surface area (Å²) in [6, 6.07) is 37.0. The molecule has 0 spiro atoms. The first kappa shape index (κ1) is 61.4. The van der Waals surface area contributed by atoms with Crippen LogP contribution in [0.2, 0.25) is 0 Å². The average molecular weight is 1120 g/mol. The summed E-state index contributed by atoms with van der Waals surface area (Å²) in [5.41, 5.74) is 2.05. The number of rotatable bonds is 30. The van der Waals surface area contributed by atoms with Crippen molar-refractivity contribution in [3.8, 4) is 22.8 Å². The van der Waals surface area contributed by atoms with Gasteiger partial charge in [-0.25, -0.2) is 19.2 Å². The van der Waals surface area contributed by atoms with Crippen LogP contribution >= 0.6 is 0 Å². The zero-order valence-corrected chi connectivity index (χ0v) is 45.9. The van der Waals surface area contributed by atoms with Crippen molar-refractivity contribution in [3.05, 3.63) is 179 Å². The zero-order valence-electron chi connectivity index (χ0n) is 45.9. The summed E-state index contributed by atoms with van der Waals surface area (Å²) in [6.45, 7) is 2.35. The Bertz CT molecular complexity index is 3120. The van der Waals surface area contributed by atoms with Crippen LogP contribution in [0.4, 0.5) is 4.79 Å². The maximum Gasteiger partial charge on any atom is 0.414 e. The van der Waals surface area contributed by atoms with Gasteiger partial charge in [-0.05, 0) is 65.9 Å². The number of carbonyl (C=O) groups is 9. The number of hydrogen-bond acceptors (Lipinski definition) is 16. The molecule has 3 atom stereocenters. The largest absolute Gasteiger partial charge is 0.481 e. The van der Waals surface area contributed by atoms with Crippen LogP contribution in [0.1, 0.15) is 100 Å². The van der Waals surface area contributed by atoms with Crippen molar-refractivity contribution in [2.45, 2.75) is 84.3 Å². The number of furan rings is 1. The average Bonchev–Trinajstić information content (AvgIpc) is 4.08. The minimum Gasteiger partial charge on any atom is -0.481 e. The molecule has 0 radical (unpaired) electrons. The Labute approximate surface area is 474 Å². The van der Waals surface area contributed by atoms with Gasteiger partial charge in [0, 0.05) is 19.7 Å². The number of nitrogens with zero attached hydrogens (tertiary/aromatic N) is 2. The SMILES string of the molecule is CCCCCC(C(=O)NCNC(=O)c1ccc(-c2ccc(C(=O)NC(CC(=O)OCc3ccccc3)C(=O)OCc3ccccc3)c(OCC(=O)OCc3ccccc3)c2)o1)[C@@H](CC)N(C=O)OC(=O)c1ccccc1OC(=O)N(C)C. The van der Waals surface area contributed by atoms with Gasteiger partial charge >= 0.3 is 30.0 Å². The van der Waals surface area contributed by atoms with Gasteiger partial charge in [0.2, 0.25) is 12.3 Å². The normalized spacial score (nSPS) is 11.8. The third-order valence-corrected chi connectivity index (χ3v) is 12.5. The second-order valence-electron chi connectivity index (χ2n) is 18.7. The fraction of sp³-hybridized carbons (Fsp3) is 0.295. The van der Waals surface area contributed by atoms with Crippen molar-refractivity contribution in [2.75, 3.05) is 27.4 Å². The Morgan fingerprint density at radius 3 is 1.85 bits per heavy atom. The smallest absolute Gasteiger partial charge is 0.414 e. The fourth-order valence-electron chi connectivity index (χ4n) is 8.14. The minimum atomic E-state index is -1.54. The lowest BCUT2D eigenvalue weighted by molar-refractivity contribution is -0.171. The van der Waals surface area contributed by atoms with Crippen LogP contribution in [0.5, 0.6) is 11.5 Å². The van der Waals surface area contributed by atoms with E-state index in [2.05, 4.69) is 16.0 Å². The predicted molar refractivity (Wildman–Crippen MR) is 296 cm³/mol. The monoisotopic (exact) mass is 1120 g/mol. The van der Waals surface area contributed by atoms with Crippen LogP contribution in [0.25, 0.3) is 11.3 Å². The Balaban J connectivity index is 1.16. The number of amides is 5. The van der Waals surface area contributed by atoms with Crippen molar-refractivity contribution >= 4 is 54.1 Å². The summed E-state index contributed by atoms with van der Waals surface area (Å²) in [6.07, 6.45) is 1.59. The fourth-order valence-corrected chi connectivity index (χ4v) is 8.14. The third kappa shape index (κ3) is 18.7. The van der Waals surface area contributed by atoms with E-state index in [9.17, 15) is 43.2 Å². The number of nitrogens with one attached hydrogen (secondary N) is 3. The molecule has 1 heterocycles. The van der Waals surface area contributed by atoms with Gasteiger partial charge in [-0.1, -0.05) is 142 Å². The zero-order chi connectivity index (χ0) is 58.8. The minimum absolute atomic E-state index is 0.0606. The second-order valence-corrected chi connectivity index (χ2v) is 18.7. The first-order valence-corrected chi connectivity index (χ1v) is 26.4. The van der Waals surface area contributed by atoms with Crippen LogP contribution < -0.4 is 25.4 Å². The topological polar surface area (TPSA) is 265 Å². The van der Waals surface area contributed by atoms with Gasteiger partial charge in [0.1, 0.15) is 48.7 Å². The van der Waals surface area contributed by atoms with E-state index in [0.29, 0.717) is 30.4 Å². The van der Waals surface area contributed by atoms with E-state index in [1.165, 1.54) is 67.5 Å². The number of esters is 3. The van der Waals surface area contributed by atoms with E-state index < -0.39 is 78.7 Å². The number of benzene rings is 5. The van der Waals surface area contributed by atoms with Crippen LogP contribution in [-0.4, -0.2) is 104 Å². The maximum atomic E-state index is 14.2. The molecule has 1 aromatic heterocycles. The van der Waals surface area contributed by atoms with E-state index in [0.717, 1.165) is 23.5 Å². The van der Waals surface area contributed by atoms with Crippen LogP contribution in [0, 0.1) is 5.92 Å². The van der Waals surface area contributed by atoms with Gasteiger partial charge in [-0.3, -0.25) is 24.0 Å². The highest BCUT2D eigenvalue weighted by Gasteiger charge is 2.35. The van der Waals surface area contributed by atoms with E-state index in [1.54, 1.807) is 97.9 Å². The van der Waals surface area contributed by atoms with Gasteiger partial charge in [-0.15, -0.1) is 0 Å². The Kier molecular flexibility index (Phi) is 23.8. The van der Waals surface area contributed by atoms with E-state index in [1.807, 2.05) is 13.0 Å². The molecule has 6 rings (SSSR count). The van der Waals surface area contributed by atoms with Crippen molar-refractivity contribution in [3.63, 3.8) is 0 Å². The maximum absolute atomic E-state index is 14.2. The molecule has 5 aromatic carbocycles. The van der Waals surface area contributed by atoms with Gasteiger partial charge < -0.3 is 53.8 Å². The number of hydroxylamine groups is 2. The highest BCUT2D eigenvalue weighted by molar-refractivity contribution is 6.00. The van der Waals surface area contributed by atoms with Crippen molar-refractivity contribution in [1.29, 1.82) is 0 Å².